The Morgan fingerprint density at radius 3 is 1.65 bits per heavy atom. The first-order valence-electron chi connectivity index (χ1n) is 6.04. The van der Waals surface area contributed by atoms with Crippen LogP contribution >= 0.6 is 46.2 Å². The minimum Gasteiger partial charge on any atom is -0.288 e. The largest absolute Gasteiger partial charge is 0.288 e. The zero-order chi connectivity index (χ0) is 13.7. The van der Waals surface area contributed by atoms with E-state index < -0.39 is 0 Å². The highest BCUT2D eigenvalue weighted by atomic mass is 32.2. The average molecular weight is 336 g/mol. The Hall–Kier alpha value is -0.820. The molecule has 0 bridgehead atoms. The molecule has 1 aromatic rings. The van der Waals surface area contributed by atoms with Gasteiger partial charge in [-0.1, -0.05) is 24.3 Å². The molecular weight excluding hydrogens is 328 g/mol. The van der Waals surface area contributed by atoms with Gasteiger partial charge in [-0.2, -0.15) is 0 Å². The average Bonchev–Trinajstić information content (AvgIpc) is 2.51. The van der Waals surface area contributed by atoms with E-state index in [4.69, 9.17) is 0 Å². The van der Waals surface area contributed by atoms with Gasteiger partial charge in [0.25, 0.3) is 0 Å². The van der Waals surface area contributed by atoms with Crippen molar-refractivity contribution in [2.45, 2.75) is 8.42 Å². The number of hydrogen-bond donors (Lipinski definition) is 0. The van der Waals surface area contributed by atoms with Crippen LogP contribution in [0.3, 0.4) is 0 Å². The Balaban J connectivity index is 2.30. The van der Waals surface area contributed by atoms with E-state index in [1.807, 2.05) is 12.1 Å². The van der Waals surface area contributed by atoms with Crippen molar-refractivity contribution in [1.82, 2.24) is 0 Å². The van der Waals surface area contributed by atoms with Crippen molar-refractivity contribution < 1.29 is 0 Å². The Morgan fingerprint density at radius 2 is 1.20 bits per heavy atom. The Morgan fingerprint density at radius 1 is 0.750 bits per heavy atom. The summed E-state index contributed by atoms with van der Waals surface area (Å²) >= 11 is 6.55. The smallest absolute Gasteiger partial charge is 0.205 e. The third-order valence-electron chi connectivity index (χ3n) is 3.14. The zero-order valence-electron chi connectivity index (χ0n) is 10.2. The minimum absolute atomic E-state index is 0.00424. The maximum atomic E-state index is 12.6. The maximum Gasteiger partial charge on any atom is 0.205 e. The van der Waals surface area contributed by atoms with Crippen molar-refractivity contribution >= 4 is 57.0 Å². The van der Waals surface area contributed by atoms with Crippen LogP contribution < -0.4 is 10.9 Å². The van der Waals surface area contributed by atoms with E-state index in [9.17, 15) is 9.59 Å². The SMILES string of the molecule is O=c1c2sc3c(sc=2c(=O)c2ccccc12)SCCS3. The molecule has 2 nitrogen and oxygen atoms in total. The lowest BCUT2D eigenvalue weighted by atomic mass is 10.1. The van der Waals surface area contributed by atoms with E-state index in [0.717, 1.165) is 11.5 Å². The summed E-state index contributed by atoms with van der Waals surface area (Å²) in [4.78, 5) is 25.2. The summed E-state index contributed by atoms with van der Waals surface area (Å²) in [5, 5.41) is 1.09. The summed E-state index contributed by atoms with van der Waals surface area (Å²) < 4.78 is 3.61. The Kier molecular flexibility index (Phi) is 3.14. The number of hydrogen-bond acceptors (Lipinski definition) is 6. The highest BCUT2D eigenvalue weighted by molar-refractivity contribution is 8.07. The van der Waals surface area contributed by atoms with Gasteiger partial charge in [0.15, 0.2) is 0 Å². The van der Waals surface area contributed by atoms with E-state index in [0.29, 0.717) is 19.8 Å². The first kappa shape index (κ1) is 12.9. The van der Waals surface area contributed by atoms with Crippen LogP contribution in [0.2, 0.25) is 0 Å². The third kappa shape index (κ3) is 1.86. The van der Waals surface area contributed by atoms with Crippen molar-refractivity contribution in [2.75, 3.05) is 11.5 Å². The standard InChI is InChI=1S/C14H8O2S4/c15-9-7-3-1-2-4-8(7)10(16)12-11(9)19-13-14(20-12)18-6-5-17-13/h1-4H,5-6H2. The molecule has 2 aliphatic heterocycles. The molecule has 4 rings (SSSR count). The van der Waals surface area contributed by atoms with E-state index in [1.165, 1.54) is 31.1 Å². The molecule has 0 fully saturated rings. The first-order chi connectivity index (χ1) is 9.75. The quantitative estimate of drug-likeness (QED) is 0.628. The summed E-state index contributed by atoms with van der Waals surface area (Å²) in [5.74, 6) is 2.14. The lowest BCUT2D eigenvalue weighted by Gasteiger charge is -2.12. The van der Waals surface area contributed by atoms with Gasteiger partial charge < -0.3 is 0 Å². The van der Waals surface area contributed by atoms with Gasteiger partial charge in [-0.25, -0.2) is 0 Å². The number of thioether (sulfide) groups is 2. The lowest BCUT2D eigenvalue weighted by molar-refractivity contribution is 1.40. The minimum atomic E-state index is -0.00424. The molecule has 0 saturated heterocycles. The van der Waals surface area contributed by atoms with Gasteiger partial charge in [-0.15, -0.1) is 46.2 Å². The second-order valence-electron chi connectivity index (χ2n) is 4.34. The second-order valence-corrected chi connectivity index (χ2v) is 9.11. The summed E-state index contributed by atoms with van der Waals surface area (Å²) in [5.41, 5.74) is -0.00848. The zero-order valence-corrected chi connectivity index (χ0v) is 13.4. The number of fused-ring (bicyclic) bond motifs is 2. The molecule has 1 aliphatic carbocycles. The predicted molar refractivity (Wildman–Crippen MR) is 89.0 cm³/mol. The third-order valence-corrected chi connectivity index (χ3v) is 8.97. The van der Waals surface area contributed by atoms with Gasteiger partial charge >= 0.3 is 0 Å². The molecule has 0 N–H and O–H groups in total. The van der Waals surface area contributed by atoms with Gasteiger partial charge in [-0.3, -0.25) is 9.59 Å². The molecule has 3 aliphatic rings. The fraction of sp³-hybridized carbons (Fsp3) is 0.143. The fourth-order valence-corrected chi connectivity index (χ4v) is 7.74. The summed E-state index contributed by atoms with van der Waals surface area (Å²) in [7, 11) is 0. The molecule has 0 atom stereocenters. The summed E-state index contributed by atoms with van der Waals surface area (Å²) in [6.45, 7) is 0. The highest BCUT2D eigenvalue weighted by Crippen LogP contribution is 2.41. The van der Waals surface area contributed by atoms with E-state index in [1.54, 1.807) is 35.7 Å². The van der Waals surface area contributed by atoms with Crippen LogP contribution in [0.4, 0.5) is 0 Å². The van der Waals surface area contributed by atoms with Crippen LogP contribution in [0.1, 0.15) is 0 Å². The molecule has 0 radical (unpaired) electrons. The normalized spacial score (nSPS) is 14.6. The second kappa shape index (κ2) is 4.87. The van der Waals surface area contributed by atoms with Crippen LogP contribution in [0.25, 0.3) is 10.8 Å². The van der Waals surface area contributed by atoms with Crippen molar-refractivity contribution in [3.05, 3.63) is 53.8 Å². The van der Waals surface area contributed by atoms with Gasteiger partial charge in [0.2, 0.25) is 10.9 Å². The Labute approximate surface area is 130 Å². The predicted octanol–water partition coefficient (Wildman–Crippen LogP) is 3.61. The molecule has 100 valence electrons. The molecule has 0 saturated carbocycles. The monoisotopic (exact) mass is 336 g/mol. The van der Waals surface area contributed by atoms with Crippen molar-refractivity contribution in [3.63, 3.8) is 0 Å². The Bertz CT molecular complexity index is 921. The molecule has 6 heteroatoms. The van der Waals surface area contributed by atoms with Crippen molar-refractivity contribution in [2.24, 2.45) is 0 Å². The maximum absolute atomic E-state index is 12.6. The van der Waals surface area contributed by atoms with Crippen LogP contribution in [0, 0.1) is 9.06 Å². The van der Waals surface area contributed by atoms with Crippen LogP contribution in [0.15, 0.2) is 42.3 Å². The van der Waals surface area contributed by atoms with Crippen LogP contribution in [-0.4, -0.2) is 11.5 Å². The van der Waals surface area contributed by atoms with Gasteiger partial charge in [0, 0.05) is 22.3 Å². The van der Waals surface area contributed by atoms with E-state index in [2.05, 4.69) is 0 Å². The molecule has 0 aromatic heterocycles. The first-order valence-corrected chi connectivity index (χ1v) is 9.64. The molecule has 0 spiro atoms. The van der Waals surface area contributed by atoms with E-state index in [-0.39, 0.29) is 10.9 Å². The molecule has 2 heterocycles. The molecular formula is C14H8O2S4. The lowest BCUT2D eigenvalue weighted by Crippen LogP contribution is -2.13. The fourth-order valence-electron chi connectivity index (χ4n) is 2.23. The molecule has 0 amide bonds. The van der Waals surface area contributed by atoms with Crippen LogP contribution in [0.5, 0.6) is 0 Å². The summed E-state index contributed by atoms with van der Waals surface area (Å²) in [6, 6.07) is 7.12. The molecule has 1 aromatic carbocycles. The van der Waals surface area contributed by atoms with Gasteiger partial charge in [0.1, 0.15) is 0 Å². The highest BCUT2D eigenvalue weighted by Gasteiger charge is 2.16. The topological polar surface area (TPSA) is 34.1 Å². The summed E-state index contributed by atoms with van der Waals surface area (Å²) in [6.07, 6.45) is 0. The van der Waals surface area contributed by atoms with E-state index >= 15 is 0 Å². The van der Waals surface area contributed by atoms with Crippen LogP contribution in [-0.2, 0) is 0 Å². The van der Waals surface area contributed by atoms with Gasteiger partial charge in [-0.05, 0) is 0 Å². The number of rotatable bonds is 0. The number of benzene rings is 1. The van der Waals surface area contributed by atoms with Crippen molar-refractivity contribution in [3.8, 4) is 0 Å². The van der Waals surface area contributed by atoms with Gasteiger partial charge in [0.05, 0.1) is 17.5 Å². The molecule has 0 unspecified atom stereocenters. The molecule has 20 heavy (non-hydrogen) atoms. The van der Waals surface area contributed by atoms with Crippen molar-refractivity contribution in [1.29, 1.82) is 0 Å².